The summed E-state index contributed by atoms with van der Waals surface area (Å²) >= 11 is 0. The van der Waals surface area contributed by atoms with E-state index in [-0.39, 0.29) is 11.6 Å². The smallest absolute Gasteiger partial charge is 0.179 e. The van der Waals surface area contributed by atoms with Gasteiger partial charge in [0.05, 0.1) is 6.10 Å². The number of nitrogens with two attached hydrogens (primary N) is 1. The number of hydrogen-bond acceptors (Lipinski definition) is 5. The second-order valence-corrected chi connectivity index (χ2v) is 6.03. The van der Waals surface area contributed by atoms with Crippen molar-refractivity contribution in [1.82, 2.24) is 5.32 Å². The van der Waals surface area contributed by atoms with Crippen molar-refractivity contribution in [2.24, 2.45) is 17.1 Å². The van der Waals surface area contributed by atoms with Crippen molar-refractivity contribution in [3.05, 3.63) is 35.4 Å². The molecule has 0 aromatic heterocycles. The fourth-order valence-corrected chi connectivity index (χ4v) is 3.83. The summed E-state index contributed by atoms with van der Waals surface area (Å²) in [5.74, 6) is -0.977. The molecule has 5 heteroatoms. The molecule has 1 aliphatic carbocycles. The maximum atomic E-state index is 13.0. The van der Waals surface area contributed by atoms with Gasteiger partial charge in [-0.25, -0.2) is 0 Å². The van der Waals surface area contributed by atoms with Gasteiger partial charge in [0.15, 0.2) is 11.6 Å². The molecule has 1 saturated heterocycles. The van der Waals surface area contributed by atoms with E-state index < -0.39 is 23.5 Å². The first-order valence-electron chi connectivity index (χ1n) is 7.34. The van der Waals surface area contributed by atoms with E-state index in [4.69, 9.17) is 5.73 Å². The van der Waals surface area contributed by atoms with Gasteiger partial charge in [0.2, 0.25) is 0 Å². The minimum Gasteiger partial charge on any atom is -0.393 e. The molecule has 1 heterocycles. The van der Waals surface area contributed by atoms with E-state index in [0.717, 1.165) is 0 Å². The van der Waals surface area contributed by atoms with E-state index >= 15 is 0 Å². The predicted molar refractivity (Wildman–Crippen MR) is 78.2 cm³/mol. The molecule has 112 valence electrons. The van der Waals surface area contributed by atoms with Gasteiger partial charge in [-0.2, -0.15) is 0 Å². The summed E-state index contributed by atoms with van der Waals surface area (Å²) < 4.78 is 0. The molecule has 3 atom stereocenters. The molecule has 21 heavy (non-hydrogen) atoms. The van der Waals surface area contributed by atoms with Crippen molar-refractivity contribution in [1.29, 1.82) is 0 Å². The third-order valence-corrected chi connectivity index (χ3v) is 4.92. The fraction of sp³-hybridized carbons (Fsp3) is 0.500. The second kappa shape index (κ2) is 5.02. The number of piperidine rings is 1. The average Bonchev–Trinajstić information content (AvgIpc) is 2.70. The van der Waals surface area contributed by atoms with Crippen LogP contribution in [0.3, 0.4) is 0 Å². The van der Waals surface area contributed by atoms with Crippen molar-refractivity contribution in [3.63, 3.8) is 0 Å². The normalized spacial score (nSPS) is 29.3. The third kappa shape index (κ3) is 1.81. The number of aliphatic hydroxyl groups excluding tert-OH is 1. The minimum atomic E-state index is -1.35. The van der Waals surface area contributed by atoms with Crippen molar-refractivity contribution in [3.8, 4) is 0 Å². The van der Waals surface area contributed by atoms with Gasteiger partial charge < -0.3 is 16.2 Å². The van der Waals surface area contributed by atoms with Gasteiger partial charge in [0.1, 0.15) is 5.41 Å². The van der Waals surface area contributed by atoms with E-state index in [2.05, 4.69) is 5.32 Å². The Morgan fingerprint density at radius 3 is 2.33 bits per heavy atom. The molecule has 0 bridgehead atoms. The molecule has 0 radical (unpaired) electrons. The summed E-state index contributed by atoms with van der Waals surface area (Å²) in [4.78, 5) is 26.0. The SMILES string of the molecule is CC(N)C1(C2CNCCC2O)C(=O)c2ccccc2C1=O. The van der Waals surface area contributed by atoms with Crippen LogP contribution in [0.4, 0.5) is 0 Å². The van der Waals surface area contributed by atoms with Crippen LogP contribution in [0.5, 0.6) is 0 Å². The molecule has 3 unspecified atom stereocenters. The minimum absolute atomic E-state index is 0.245. The third-order valence-electron chi connectivity index (χ3n) is 4.92. The Balaban J connectivity index is 2.16. The monoisotopic (exact) mass is 288 g/mol. The number of Topliss-reactive ketones (excluding diaryl/α,β-unsaturated/α-hetero) is 2. The Bertz CT molecular complexity index is 562. The van der Waals surface area contributed by atoms with E-state index in [1.165, 1.54) is 0 Å². The highest BCUT2D eigenvalue weighted by Gasteiger charge is 2.61. The molecule has 1 aromatic rings. The van der Waals surface area contributed by atoms with E-state index in [1.54, 1.807) is 31.2 Å². The van der Waals surface area contributed by atoms with Crippen molar-refractivity contribution in [2.75, 3.05) is 13.1 Å². The number of nitrogens with one attached hydrogen (secondary N) is 1. The first kappa shape index (κ1) is 14.4. The molecule has 2 aliphatic rings. The predicted octanol–water partition coefficient (Wildman–Crippen LogP) is 0.370. The van der Waals surface area contributed by atoms with Crippen LogP contribution in [0, 0.1) is 11.3 Å². The first-order valence-corrected chi connectivity index (χ1v) is 7.34. The molecule has 0 saturated carbocycles. The lowest BCUT2D eigenvalue weighted by Crippen LogP contribution is -2.60. The van der Waals surface area contributed by atoms with Gasteiger partial charge >= 0.3 is 0 Å². The van der Waals surface area contributed by atoms with Gasteiger partial charge in [-0.05, 0) is 19.9 Å². The first-order chi connectivity index (χ1) is 10.0. The van der Waals surface area contributed by atoms with E-state index in [0.29, 0.717) is 30.6 Å². The summed E-state index contributed by atoms with van der Waals surface area (Å²) in [7, 11) is 0. The molecule has 1 aromatic carbocycles. The molecule has 3 rings (SSSR count). The number of carbonyl (C=O) groups excluding carboxylic acids is 2. The van der Waals surface area contributed by atoms with Crippen LogP contribution in [0.15, 0.2) is 24.3 Å². The Kier molecular flexibility index (Phi) is 3.43. The van der Waals surface area contributed by atoms with Crippen LogP contribution < -0.4 is 11.1 Å². The maximum absolute atomic E-state index is 13.0. The molecular weight excluding hydrogens is 268 g/mol. The Morgan fingerprint density at radius 1 is 1.29 bits per heavy atom. The number of rotatable bonds is 2. The van der Waals surface area contributed by atoms with Crippen LogP contribution in [-0.4, -0.2) is 41.9 Å². The van der Waals surface area contributed by atoms with Crippen molar-refractivity contribution in [2.45, 2.75) is 25.5 Å². The zero-order valence-corrected chi connectivity index (χ0v) is 12.0. The molecule has 0 amide bonds. The van der Waals surface area contributed by atoms with Crippen LogP contribution in [0.25, 0.3) is 0 Å². The number of carbonyl (C=O) groups is 2. The van der Waals surface area contributed by atoms with Gasteiger partial charge in [-0.1, -0.05) is 24.3 Å². The summed E-state index contributed by atoms with van der Waals surface area (Å²) in [6.45, 7) is 2.79. The lowest BCUT2D eigenvalue weighted by atomic mass is 9.63. The standard InChI is InChI=1S/C16H20N2O3/c1-9(17)16(12-8-18-7-6-13(12)19)14(20)10-4-2-3-5-11(10)15(16)21/h2-5,9,12-13,18-19H,6-8,17H2,1H3. The quantitative estimate of drug-likeness (QED) is 0.684. The second-order valence-electron chi connectivity index (χ2n) is 6.03. The summed E-state index contributed by atoms with van der Waals surface area (Å²) in [6.07, 6.45) is -0.171. The average molecular weight is 288 g/mol. The topological polar surface area (TPSA) is 92.4 Å². The number of benzene rings is 1. The van der Waals surface area contributed by atoms with Crippen molar-refractivity contribution < 1.29 is 14.7 Å². The molecule has 5 nitrogen and oxygen atoms in total. The summed E-state index contributed by atoms with van der Waals surface area (Å²) in [5, 5.41) is 13.5. The van der Waals surface area contributed by atoms with Gasteiger partial charge in [-0.3, -0.25) is 9.59 Å². The lowest BCUT2D eigenvalue weighted by Gasteiger charge is -2.42. The molecule has 0 spiro atoms. The lowest BCUT2D eigenvalue weighted by molar-refractivity contribution is 0.00199. The Morgan fingerprint density at radius 2 is 1.86 bits per heavy atom. The number of ketones is 2. The van der Waals surface area contributed by atoms with Crippen LogP contribution in [0.2, 0.25) is 0 Å². The highest BCUT2D eigenvalue weighted by molar-refractivity contribution is 6.30. The molecular formula is C16H20N2O3. The number of fused-ring (bicyclic) bond motifs is 1. The zero-order valence-electron chi connectivity index (χ0n) is 12.0. The van der Waals surface area contributed by atoms with Crippen LogP contribution in [0.1, 0.15) is 34.1 Å². The fourth-order valence-electron chi connectivity index (χ4n) is 3.83. The van der Waals surface area contributed by atoms with E-state index in [9.17, 15) is 14.7 Å². The summed E-state index contributed by atoms with van der Waals surface area (Å²) in [5.41, 5.74) is 5.61. The number of hydrogen-bond donors (Lipinski definition) is 3. The summed E-state index contributed by atoms with van der Waals surface area (Å²) in [6, 6.07) is 6.18. The van der Waals surface area contributed by atoms with Crippen LogP contribution >= 0.6 is 0 Å². The highest BCUT2D eigenvalue weighted by Crippen LogP contribution is 2.46. The molecule has 1 fully saturated rings. The zero-order chi connectivity index (χ0) is 15.2. The largest absolute Gasteiger partial charge is 0.393 e. The Labute approximate surface area is 123 Å². The van der Waals surface area contributed by atoms with Gasteiger partial charge in [0.25, 0.3) is 0 Å². The maximum Gasteiger partial charge on any atom is 0.179 e. The van der Waals surface area contributed by atoms with Crippen LogP contribution in [-0.2, 0) is 0 Å². The Hall–Kier alpha value is -1.56. The van der Waals surface area contributed by atoms with Crippen molar-refractivity contribution >= 4 is 11.6 Å². The highest BCUT2D eigenvalue weighted by atomic mass is 16.3. The number of aliphatic hydroxyl groups is 1. The van der Waals surface area contributed by atoms with Gasteiger partial charge in [-0.15, -0.1) is 0 Å². The molecule has 1 aliphatic heterocycles. The van der Waals surface area contributed by atoms with Gasteiger partial charge in [0, 0.05) is 29.6 Å². The van der Waals surface area contributed by atoms with E-state index in [1.807, 2.05) is 0 Å². The molecule has 4 N–H and O–H groups in total.